The fourth-order valence-corrected chi connectivity index (χ4v) is 2.03. The van der Waals surface area contributed by atoms with E-state index in [1.165, 1.54) is 10.8 Å². The summed E-state index contributed by atoms with van der Waals surface area (Å²) in [4.78, 5) is 0. The zero-order valence-electron chi connectivity index (χ0n) is 6.37. The maximum absolute atomic E-state index is 9.01. The van der Waals surface area contributed by atoms with Crippen molar-refractivity contribution >= 4 is 10.8 Å². The van der Waals surface area contributed by atoms with Crippen molar-refractivity contribution in [2.45, 2.75) is 0 Å². The average molecular weight is 271 g/mol. The van der Waals surface area contributed by atoms with Gasteiger partial charge in [0.1, 0.15) is 0 Å². The Morgan fingerprint density at radius 1 is 0.917 bits per heavy atom. The van der Waals surface area contributed by atoms with E-state index in [-0.39, 0.29) is 0 Å². The first kappa shape index (κ1) is 8.01. The molecule has 0 saturated heterocycles. The van der Waals surface area contributed by atoms with Crippen LogP contribution in [-0.4, -0.2) is 3.44 Å². The molecule has 62 valence electrons. The topological polar surface area (TPSA) is 20.2 Å². The molecule has 0 atom stereocenters. The summed E-state index contributed by atoms with van der Waals surface area (Å²) in [6.45, 7) is 0. The van der Waals surface area contributed by atoms with Crippen LogP contribution in [0.3, 0.4) is 0 Å². The number of benzene rings is 2. The molecule has 0 radical (unpaired) electrons. The van der Waals surface area contributed by atoms with Crippen LogP contribution in [0.15, 0.2) is 42.5 Å². The predicted octanol–water partition coefficient (Wildman–Crippen LogP) is -0.994. The first-order valence-electron chi connectivity index (χ1n) is 3.67. The molecule has 12 heavy (non-hydrogen) atoms. The number of hydrogen-bond acceptors (Lipinski definition) is 1. The van der Waals surface area contributed by atoms with E-state index < -0.39 is 21.6 Å². The predicted molar refractivity (Wildman–Crippen MR) is 44.9 cm³/mol. The van der Waals surface area contributed by atoms with Crippen LogP contribution in [-0.2, 0) is 0 Å². The van der Waals surface area contributed by atoms with Gasteiger partial charge in [-0.3, -0.25) is 0 Å². The summed E-state index contributed by atoms with van der Waals surface area (Å²) in [5.74, 6) is 0. The molecule has 2 aromatic rings. The van der Waals surface area contributed by atoms with Gasteiger partial charge in [0, 0.05) is 0 Å². The molecule has 0 aliphatic carbocycles. The van der Waals surface area contributed by atoms with E-state index in [2.05, 4.69) is 24.3 Å². The summed E-state index contributed by atoms with van der Waals surface area (Å²) in [5, 5.41) is 2.45. The molecule has 1 N–H and O–H groups in total. The molecule has 0 unspecified atom stereocenters. The molecule has 0 bridgehead atoms. The van der Waals surface area contributed by atoms with Crippen molar-refractivity contribution in [1.29, 1.82) is 0 Å². The summed E-state index contributed by atoms with van der Waals surface area (Å²) in [5.41, 5.74) is 0. The first-order chi connectivity index (χ1) is 5.90. The van der Waals surface area contributed by atoms with Crippen molar-refractivity contribution in [3.8, 4) is 0 Å². The number of halogens is 1. The Labute approximate surface area is 81.8 Å². The molecule has 2 rings (SSSR count). The van der Waals surface area contributed by atoms with Crippen LogP contribution in [0, 0.1) is 3.57 Å². The monoisotopic (exact) mass is 271 g/mol. The van der Waals surface area contributed by atoms with Gasteiger partial charge < -0.3 is 0 Å². The van der Waals surface area contributed by atoms with Crippen molar-refractivity contribution in [3.63, 3.8) is 0 Å². The second-order valence-corrected chi connectivity index (χ2v) is 4.30. The van der Waals surface area contributed by atoms with Gasteiger partial charge in [0.15, 0.2) is 0 Å². The molecular formula is C10H8IO-. The van der Waals surface area contributed by atoms with Crippen molar-refractivity contribution < 1.29 is 25.1 Å². The second-order valence-electron chi connectivity index (χ2n) is 2.58. The van der Waals surface area contributed by atoms with Crippen molar-refractivity contribution in [3.05, 3.63) is 46.0 Å². The third-order valence-electron chi connectivity index (χ3n) is 1.81. The summed E-state index contributed by atoms with van der Waals surface area (Å²) in [6, 6.07) is 14.3. The normalized spacial score (nSPS) is 10.8. The van der Waals surface area contributed by atoms with Crippen LogP contribution in [0.1, 0.15) is 0 Å². The Hall–Kier alpha value is -0.610. The molecule has 0 aromatic heterocycles. The summed E-state index contributed by atoms with van der Waals surface area (Å²) < 4.78 is 10.1. The van der Waals surface area contributed by atoms with Crippen LogP contribution >= 0.6 is 0 Å². The molecule has 2 aromatic carbocycles. The van der Waals surface area contributed by atoms with Gasteiger partial charge in [0.2, 0.25) is 0 Å². The van der Waals surface area contributed by atoms with Gasteiger partial charge in [-0.1, -0.05) is 0 Å². The Balaban J connectivity index is 2.67. The van der Waals surface area contributed by atoms with Gasteiger partial charge in [-0.2, -0.15) is 0 Å². The number of fused-ring (bicyclic) bond motifs is 1. The minimum absolute atomic E-state index is 0.765. The molecule has 0 heterocycles. The van der Waals surface area contributed by atoms with Crippen LogP contribution in [0.25, 0.3) is 10.8 Å². The van der Waals surface area contributed by atoms with Crippen molar-refractivity contribution in [1.82, 2.24) is 0 Å². The van der Waals surface area contributed by atoms with Crippen LogP contribution < -0.4 is 21.6 Å². The van der Waals surface area contributed by atoms with E-state index >= 15 is 0 Å². The van der Waals surface area contributed by atoms with Crippen LogP contribution in [0.5, 0.6) is 0 Å². The third kappa shape index (κ3) is 1.44. The number of hydrogen-bond donors (Lipinski definition) is 1. The zero-order valence-corrected chi connectivity index (χ0v) is 8.52. The van der Waals surface area contributed by atoms with Gasteiger partial charge in [0.05, 0.1) is 0 Å². The fourth-order valence-electron chi connectivity index (χ4n) is 1.21. The van der Waals surface area contributed by atoms with E-state index in [9.17, 15) is 0 Å². The van der Waals surface area contributed by atoms with Gasteiger partial charge in [0.25, 0.3) is 0 Å². The molecule has 0 aliphatic heterocycles. The van der Waals surface area contributed by atoms with E-state index in [0.29, 0.717) is 0 Å². The van der Waals surface area contributed by atoms with E-state index in [0.717, 1.165) is 3.57 Å². The van der Waals surface area contributed by atoms with Gasteiger partial charge >= 0.3 is 81.9 Å². The van der Waals surface area contributed by atoms with Crippen molar-refractivity contribution in [2.75, 3.05) is 0 Å². The molecule has 0 aliphatic rings. The summed E-state index contributed by atoms with van der Waals surface area (Å²) in [7, 11) is 0. The second kappa shape index (κ2) is 3.41. The fraction of sp³-hybridized carbons (Fsp3) is 0. The molecule has 2 heteroatoms. The van der Waals surface area contributed by atoms with E-state index in [1.54, 1.807) is 0 Å². The molecule has 0 fully saturated rings. The van der Waals surface area contributed by atoms with E-state index in [1.807, 2.05) is 18.2 Å². The summed E-state index contributed by atoms with van der Waals surface area (Å²) in [6.07, 6.45) is 0. The molecule has 0 amide bonds. The van der Waals surface area contributed by atoms with Gasteiger partial charge in [-0.15, -0.1) is 0 Å². The van der Waals surface area contributed by atoms with Crippen LogP contribution in [0.2, 0.25) is 0 Å². The zero-order chi connectivity index (χ0) is 8.39. The molecular weight excluding hydrogens is 263 g/mol. The standard InChI is InChI=1S/C10H8IO/c12-11-10-6-5-8-3-1-2-4-9(8)7-10/h1-7,12H/q-1. The Kier molecular flexibility index (Phi) is 2.28. The van der Waals surface area contributed by atoms with Gasteiger partial charge in [-0.05, 0) is 0 Å². The van der Waals surface area contributed by atoms with Gasteiger partial charge in [-0.25, -0.2) is 0 Å². The Morgan fingerprint density at radius 3 is 2.42 bits per heavy atom. The molecule has 0 spiro atoms. The molecule has 0 saturated carbocycles. The SMILES string of the molecule is O[I-]c1ccc2ccccc2c1. The minimum atomic E-state index is -0.765. The maximum atomic E-state index is 9.01. The van der Waals surface area contributed by atoms with E-state index in [4.69, 9.17) is 3.44 Å². The number of rotatable bonds is 1. The molecule has 1 nitrogen and oxygen atoms in total. The third-order valence-corrected chi connectivity index (χ3v) is 3.04. The van der Waals surface area contributed by atoms with Crippen LogP contribution in [0.4, 0.5) is 0 Å². The first-order valence-corrected chi connectivity index (χ1v) is 5.72. The van der Waals surface area contributed by atoms with Crippen molar-refractivity contribution in [2.24, 2.45) is 0 Å². The quantitative estimate of drug-likeness (QED) is 0.660. The summed E-state index contributed by atoms with van der Waals surface area (Å²) >= 11 is -0.765. The Bertz CT molecular complexity index is 398. The average Bonchev–Trinajstić information content (AvgIpc) is 2.17. The Morgan fingerprint density at radius 2 is 1.67 bits per heavy atom.